The molecule has 2 aromatic rings. The maximum absolute atomic E-state index is 12.7. The maximum atomic E-state index is 12.7. The van der Waals surface area contributed by atoms with Crippen LogP contribution in [0.3, 0.4) is 0 Å². The predicted molar refractivity (Wildman–Crippen MR) is 115 cm³/mol. The first kappa shape index (κ1) is 22.9. The molecule has 0 aliphatic heterocycles. The normalized spacial score (nSPS) is 13.8. The lowest BCUT2D eigenvalue weighted by Crippen LogP contribution is -2.39. The van der Waals surface area contributed by atoms with E-state index < -0.39 is 16.1 Å². The third kappa shape index (κ3) is 5.35. The van der Waals surface area contributed by atoms with E-state index in [9.17, 15) is 13.2 Å². The summed E-state index contributed by atoms with van der Waals surface area (Å²) in [5.74, 6) is 0.492. The Morgan fingerprint density at radius 3 is 2.38 bits per heavy atom. The highest BCUT2D eigenvalue weighted by molar-refractivity contribution is 7.89. The van der Waals surface area contributed by atoms with Gasteiger partial charge in [0.15, 0.2) is 0 Å². The lowest BCUT2D eigenvalue weighted by molar-refractivity contribution is -0.117. The first-order valence-corrected chi connectivity index (χ1v) is 10.7. The molecule has 2 rings (SSSR count). The number of sulfonamides is 1. The summed E-state index contributed by atoms with van der Waals surface area (Å²) >= 11 is 0. The van der Waals surface area contributed by atoms with Crippen molar-refractivity contribution in [1.29, 1.82) is 0 Å². The average molecular weight is 420 g/mol. The van der Waals surface area contributed by atoms with Crippen molar-refractivity contribution in [3.63, 3.8) is 0 Å². The van der Waals surface area contributed by atoms with E-state index in [0.29, 0.717) is 5.69 Å². The molecule has 0 aliphatic rings. The van der Waals surface area contributed by atoms with Gasteiger partial charge < -0.3 is 10.1 Å². The first-order valence-electron chi connectivity index (χ1n) is 9.31. The summed E-state index contributed by atoms with van der Waals surface area (Å²) in [4.78, 5) is 12.8. The van der Waals surface area contributed by atoms with Crippen molar-refractivity contribution in [3.05, 3.63) is 53.6 Å². The van der Waals surface area contributed by atoms with E-state index in [-0.39, 0.29) is 16.8 Å². The Hall–Kier alpha value is -2.42. The molecule has 0 saturated heterocycles. The van der Waals surface area contributed by atoms with Crippen molar-refractivity contribution in [1.82, 2.24) is 9.62 Å². The Kier molecular flexibility index (Phi) is 7.40. The van der Waals surface area contributed by atoms with Crippen molar-refractivity contribution in [2.75, 3.05) is 26.5 Å². The predicted octanol–water partition coefficient (Wildman–Crippen LogP) is 2.93. The standard InChI is InChI=1S/C21H29N3O4S/c1-14-11-12-17(29(26,27)24(4)5)13-19(14)23-21(25)16(3)22-15(2)18-9-7-8-10-20(18)28-6/h7-13,15-16,22H,1-6H3,(H,23,25)/t15-,16-/m1/s1. The van der Waals surface area contributed by atoms with Crippen LogP contribution < -0.4 is 15.4 Å². The zero-order valence-corrected chi connectivity index (χ0v) is 18.5. The van der Waals surface area contributed by atoms with Gasteiger partial charge >= 0.3 is 0 Å². The fourth-order valence-corrected chi connectivity index (χ4v) is 3.84. The summed E-state index contributed by atoms with van der Waals surface area (Å²) in [6.45, 7) is 5.53. The molecule has 0 radical (unpaired) electrons. The number of nitrogens with one attached hydrogen (secondary N) is 2. The summed E-state index contributed by atoms with van der Waals surface area (Å²) in [5.41, 5.74) is 2.20. The van der Waals surface area contributed by atoms with Gasteiger partial charge in [-0.15, -0.1) is 0 Å². The number of methoxy groups -OCH3 is 1. The van der Waals surface area contributed by atoms with Crippen LogP contribution in [0.2, 0.25) is 0 Å². The van der Waals surface area contributed by atoms with Crippen molar-refractivity contribution < 1.29 is 17.9 Å². The number of nitrogens with zero attached hydrogens (tertiary/aromatic N) is 1. The molecule has 1 amide bonds. The van der Waals surface area contributed by atoms with Gasteiger partial charge in [-0.3, -0.25) is 10.1 Å². The smallest absolute Gasteiger partial charge is 0.242 e. The highest BCUT2D eigenvalue weighted by atomic mass is 32.2. The summed E-state index contributed by atoms with van der Waals surface area (Å²) in [5, 5.41) is 6.09. The Labute approximate surface area is 173 Å². The molecule has 2 aromatic carbocycles. The molecule has 0 heterocycles. The molecule has 0 bridgehead atoms. The Balaban J connectivity index is 2.15. The molecule has 2 atom stereocenters. The molecule has 0 spiro atoms. The number of amides is 1. The van der Waals surface area contributed by atoms with E-state index in [1.807, 2.05) is 38.1 Å². The lowest BCUT2D eigenvalue weighted by atomic mass is 10.1. The number of rotatable bonds is 8. The molecule has 0 aliphatic carbocycles. The van der Waals surface area contributed by atoms with Crippen molar-refractivity contribution in [2.24, 2.45) is 0 Å². The topological polar surface area (TPSA) is 87.7 Å². The van der Waals surface area contributed by atoms with Gasteiger partial charge in [0.05, 0.1) is 18.0 Å². The Morgan fingerprint density at radius 1 is 1.10 bits per heavy atom. The molecule has 29 heavy (non-hydrogen) atoms. The fourth-order valence-electron chi connectivity index (χ4n) is 2.91. The second-order valence-corrected chi connectivity index (χ2v) is 9.26. The number of para-hydroxylation sites is 1. The van der Waals surface area contributed by atoms with Crippen LogP contribution in [0.4, 0.5) is 5.69 Å². The zero-order valence-electron chi connectivity index (χ0n) is 17.7. The monoisotopic (exact) mass is 419 g/mol. The van der Waals surface area contributed by atoms with Crippen LogP contribution in [0, 0.1) is 6.92 Å². The number of carbonyl (C=O) groups is 1. The molecular weight excluding hydrogens is 390 g/mol. The Bertz CT molecular complexity index is 974. The molecular formula is C21H29N3O4S. The van der Waals surface area contributed by atoms with E-state index in [0.717, 1.165) is 21.2 Å². The summed E-state index contributed by atoms with van der Waals surface area (Å²) < 4.78 is 31.3. The quantitative estimate of drug-likeness (QED) is 0.687. The van der Waals surface area contributed by atoms with Crippen LogP contribution in [0.25, 0.3) is 0 Å². The van der Waals surface area contributed by atoms with Crippen molar-refractivity contribution in [3.8, 4) is 5.75 Å². The molecule has 0 fully saturated rings. The van der Waals surface area contributed by atoms with Gasteiger partial charge in [0, 0.05) is 31.4 Å². The molecule has 8 heteroatoms. The van der Waals surface area contributed by atoms with E-state index in [4.69, 9.17) is 4.74 Å². The Morgan fingerprint density at radius 2 is 1.76 bits per heavy atom. The van der Waals surface area contributed by atoms with E-state index >= 15 is 0 Å². The SMILES string of the molecule is COc1ccccc1[C@@H](C)N[C@H](C)C(=O)Nc1cc(S(=O)(=O)N(C)C)ccc1C. The molecule has 0 saturated carbocycles. The van der Waals surface area contributed by atoms with E-state index in [1.54, 1.807) is 20.1 Å². The third-order valence-corrected chi connectivity index (χ3v) is 6.56. The number of benzene rings is 2. The number of aryl methyl sites for hydroxylation is 1. The van der Waals surface area contributed by atoms with Gasteiger partial charge in [-0.05, 0) is 44.5 Å². The van der Waals surface area contributed by atoms with Crippen LogP contribution >= 0.6 is 0 Å². The van der Waals surface area contributed by atoms with Crippen LogP contribution in [-0.4, -0.2) is 45.9 Å². The van der Waals surface area contributed by atoms with Crippen LogP contribution in [0.1, 0.15) is 31.0 Å². The molecule has 0 unspecified atom stereocenters. The summed E-state index contributed by atoms with van der Waals surface area (Å²) in [6, 6.07) is 11.7. The van der Waals surface area contributed by atoms with Gasteiger partial charge in [0.1, 0.15) is 5.75 Å². The second kappa shape index (κ2) is 9.39. The summed E-state index contributed by atoms with van der Waals surface area (Å²) in [6.07, 6.45) is 0. The minimum atomic E-state index is -3.58. The number of ether oxygens (including phenoxy) is 1. The van der Waals surface area contributed by atoms with Crippen molar-refractivity contribution >= 4 is 21.6 Å². The van der Waals surface area contributed by atoms with Crippen LogP contribution in [0.15, 0.2) is 47.4 Å². The largest absolute Gasteiger partial charge is 0.496 e. The highest BCUT2D eigenvalue weighted by Gasteiger charge is 2.21. The van der Waals surface area contributed by atoms with Gasteiger partial charge in [-0.1, -0.05) is 24.3 Å². The van der Waals surface area contributed by atoms with Gasteiger partial charge in [-0.2, -0.15) is 0 Å². The number of hydrogen-bond donors (Lipinski definition) is 2. The fraction of sp³-hybridized carbons (Fsp3) is 0.381. The van der Waals surface area contributed by atoms with Crippen LogP contribution in [-0.2, 0) is 14.8 Å². The van der Waals surface area contributed by atoms with Gasteiger partial charge in [-0.25, -0.2) is 12.7 Å². The molecule has 158 valence electrons. The van der Waals surface area contributed by atoms with E-state index in [2.05, 4.69) is 10.6 Å². The molecule has 7 nitrogen and oxygen atoms in total. The summed E-state index contributed by atoms with van der Waals surface area (Å²) in [7, 11) is 0.970. The third-order valence-electron chi connectivity index (χ3n) is 4.74. The minimum absolute atomic E-state index is 0.117. The molecule has 0 aromatic heterocycles. The average Bonchev–Trinajstić information content (AvgIpc) is 2.69. The number of carbonyl (C=O) groups excluding carboxylic acids is 1. The number of anilines is 1. The first-order chi connectivity index (χ1) is 13.6. The minimum Gasteiger partial charge on any atom is -0.496 e. The number of hydrogen-bond acceptors (Lipinski definition) is 5. The van der Waals surface area contributed by atoms with Crippen molar-refractivity contribution in [2.45, 2.75) is 37.8 Å². The maximum Gasteiger partial charge on any atom is 0.242 e. The molecule has 2 N–H and O–H groups in total. The second-order valence-electron chi connectivity index (χ2n) is 7.11. The van der Waals surface area contributed by atoms with Gasteiger partial charge in [0.25, 0.3) is 0 Å². The lowest BCUT2D eigenvalue weighted by Gasteiger charge is -2.22. The van der Waals surface area contributed by atoms with Crippen LogP contribution in [0.5, 0.6) is 5.75 Å². The van der Waals surface area contributed by atoms with Gasteiger partial charge in [0.2, 0.25) is 15.9 Å². The van der Waals surface area contributed by atoms with E-state index in [1.165, 1.54) is 26.2 Å². The highest BCUT2D eigenvalue weighted by Crippen LogP contribution is 2.25. The zero-order chi connectivity index (χ0) is 21.8.